The summed E-state index contributed by atoms with van der Waals surface area (Å²) in [6.45, 7) is 0. The lowest BCUT2D eigenvalue weighted by molar-refractivity contribution is 0.216. The van der Waals surface area contributed by atoms with E-state index < -0.39 is 0 Å². The zero-order valence-electron chi connectivity index (χ0n) is 11.4. The van der Waals surface area contributed by atoms with E-state index in [9.17, 15) is 0 Å². The van der Waals surface area contributed by atoms with E-state index >= 15 is 0 Å². The van der Waals surface area contributed by atoms with Gasteiger partial charge in [-0.15, -0.1) is 0 Å². The molecule has 2 aliphatic rings. The summed E-state index contributed by atoms with van der Waals surface area (Å²) in [5.41, 5.74) is 7.39. The molecular weight excluding hydrogens is 258 g/mol. The maximum absolute atomic E-state index is 6.36. The Balaban J connectivity index is 1.80. The number of ether oxygens (including phenoxy) is 2. The van der Waals surface area contributed by atoms with Crippen molar-refractivity contribution in [3.05, 3.63) is 23.8 Å². The number of methoxy groups -OCH3 is 1. The molecule has 1 aromatic rings. The maximum atomic E-state index is 6.36. The molecule has 1 atom stereocenters. The second-order valence-corrected chi connectivity index (χ2v) is 6.63. The van der Waals surface area contributed by atoms with Gasteiger partial charge in [-0.25, -0.2) is 0 Å². The van der Waals surface area contributed by atoms with Crippen LogP contribution in [-0.2, 0) is 5.54 Å². The second-order valence-electron chi connectivity index (χ2n) is 5.48. The molecule has 3 nitrogen and oxygen atoms in total. The van der Waals surface area contributed by atoms with Crippen molar-refractivity contribution in [2.24, 2.45) is 5.73 Å². The van der Waals surface area contributed by atoms with Crippen molar-refractivity contribution in [2.75, 3.05) is 18.6 Å². The van der Waals surface area contributed by atoms with Gasteiger partial charge in [0.2, 0.25) is 0 Å². The van der Waals surface area contributed by atoms with E-state index in [2.05, 4.69) is 12.1 Å². The van der Waals surface area contributed by atoms with E-state index in [-0.39, 0.29) is 5.54 Å². The monoisotopic (exact) mass is 279 g/mol. The zero-order chi connectivity index (χ0) is 13.3. The minimum Gasteiger partial charge on any atom is -0.493 e. The van der Waals surface area contributed by atoms with Crippen LogP contribution in [0.5, 0.6) is 11.5 Å². The van der Waals surface area contributed by atoms with Gasteiger partial charge in [0.1, 0.15) is 6.10 Å². The van der Waals surface area contributed by atoms with Crippen molar-refractivity contribution in [2.45, 2.75) is 37.3 Å². The lowest BCUT2D eigenvalue weighted by atomic mass is 9.73. The van der Waals surface area contributed by atoms with Crippen LogP contribution < -0.4 is 15.2 Å². The largest absolute Gasteiger partial charge is 0.493 e. The summed E-state index contributed by atoms with van der Waals surface area (Å²) in [4.78, 5) is 0. The smallest absolute Gasteiger partial charge is 0.161 e. The molecule has 0 radical (unpaired) electrons. The van der Waals surface area contributed by atoms with Crippen LogP contribution in [-0.4, -0.2) is 24.7 Å². The molecule has 1 unspecified atom stereocenters. The van der Waals surface area contributed by atoms with Gasteiger partial charge in [0, 0.05) is 11.3 Å². The number of thioether (sulfide) groups is 1. The predicted octanol–water partition coefficient (Wildman–Crippen LogP) is 2.92. The van der Waals surface area contributed by atoms with Crippen LogP contribution in [0.25, 0.3) is 0 Å². The van der Waals surface area contributed by atoms with Crippen molar-refractivity contribution in [1.82, 2.24) is 0 Å². The van der Waals surface area contributed by atoms with Crippen molar-refractivity contribution in [3.63, 3.8) is 0 Å². The molecule has 1 aliphatic heterocycles. The van der Waals surface area contributed by atoms with Gasteiger partial charge in [-0.05, 0) is 49.1 Å². The van der Waals surface area contributed by atoms with Gasteiger partial charge in [-0.3, -0.25) is 0 Å². The van der Waals surface area contributed by atoms with Crippen molar-refractivity contribution in [3.8, 4) is 11.5 Å². The van der Waals surface area contributed by atoms with Gasteiger partial charge in [-0.1, -0.05) is 6.07 Å². The maximum Gasteiger partial charge on any atom is 0.161 e. The lowest BCUT2D eigenvalue weighted by Crippen LogP contribution is -2.43. The van der Waals surface area contributed by atoms with Crippen LogP contribution >= 0.6 is 11.8 Å². The summed E-state index contributed by atoms with van der Waals surface area (Å²) in [5.74, 6) is 3.93. The molecule has 2 fully saturated rings. The molecule has 1 aliphatic carbocycles. The molecule has 104 valence electrons. The van der Waals surface area contributed by atoms with E-state index in [0.29, 0.717) is 6.10 Å². The molecule has 2 N–H and O–H groups in total. The van der Waals surface area contributed by atoms with Gasteiger partial charge < -0.3 is 15.2 Å². The normalized spacial score (nSPS) is 24.8. The Morgan fingerprint density at radius 1 is 1.32 bits per heavy atom. The number of hydrogen-bond acceptors (Lipinski definition) is 4. The highest BCUT2D eigenvalue weighted by Crippen LogP contribution is 2.42. The van der Waals surface area contributed by atoms with E-state index in [1.54, 1.807) is 7.11 Å². The Morgan fingerprint density at radius 3 is 2.74 bits per heavy atom. The molecular formula is C15H21NO2S. The topological polar surface area (TPSA) is 44.5 Å². The van der Waals surface area contributed by atoms with Gasteiger partial charge >= 0.3 is 0 Å². The van der Waals surface area contributed by atoms with Crippen molar-refractivity contribution in [1.29, 1.82) is 0 Å². The number of benzene rings is 1. The highest BCUT2D eigenvalue weighted by atomic mass is 32.2. The molecule has 0 aromatic heterocycles. The molecule has 1 aromatic carbocycles. The Morgan fingerprint density at radius 2 is 2.16 bits per heavy atom. The molecule has 0 bridgehead atoms. The fourth-order valence-corrected chi connectivity index (χ4v) is 3.80. The Labute approximate surface area is 118 Å². The minimum absolute atomic E-state index is 0.144. The number of hydrogen-bond donors (Lipinski definition) is 1. The first-order valence-electron chi connectivity index (χ1n) is 6.93. The Bertz CT molecular complexity index is 453. The average Bonchev–Trinajstić information content (AvgIpc) is 2.89. The SMILES string of the molecule is COc1cc(C2(N)CCC2)ccc1OC1CCSC1. The zero-order valence-corrected chi connectivity index (χ0v) is 12.2. The third kappa shape index (κ3) is 2.56. The standard InChI is InChI=1S/C15H21NO2S/c1-17-14-9-11(15(16)6-2-7-15)3-4-13(14)18-12-5-8-19-10-12/h3-4,9,12H,2,5-8,10,16H2,1H3. The summed E-state index contributed by atoms with van der Waals surface area (Å²) in [7, 11) is 1.69. The fraction of sp³-hybridized carbons (Fsp3) is 0.600. The Hall–Kier alpha value is -0.870. The van der Waals surface area contributed by atoms with Crippen LogP contribution in [0.2, 0.25) is 0 Å². The van der Waals surface area contributed by atoms with E-state index in [4.69, 9.17) is 15.2 Å². The van der Waals surface area contributed by atoms with Crippen LogP contribution in [0.1, 0.15) is 31.2 Å². The highest BCUT2D eigenvalue weighted by Gasteiger charge is 2.35. The van der Waals surface area contributed by atoms with Crippen LogP contribution in [0.3, 0.4) is 0 Å². The number of nitrogens with two attached hydrogens (primary N) is 1. The summed E-state index contributed by atoms with van der Waals surface area (Å²) >= 11 is 1.95. The van der Waals surface area contributed by atoms with E-state index in [0.717, 1.165) is 36.5 Å². The molecule has 3 rings (SSSR count). The van der Waals surface area contributed by atoms with Crippen molar-refractivity contribution < 1.29 is 9.47 Å². The first-order valence-corrected chi connectivity index (χ1v) is 8.08. The Kier molecular flexibility index (Phi) is 3.63. The number of rotatable bonds is 4. The first kappa shape index (κ1) is 13.1. The lowest BCUT2D eigenvalue weighted by Gasteiger charge is -2.38. The molecule has 19 heavy (non-hydrogen) atoms. The minimum atomic E-state index is -0.144. The summed E-state index contributed by atoms with van der Waals surface area (Å²) in [6.07, 6.45) is 4.79. The molecule has 4 heteroatoms. The predicted molar refractivity (Wildman–Crippen MR) is 79.1 cm³/mol. The van der Waals surface area contributed by atoms with Gasteiger partial charge in [0.25, 0.3) is 0 Å². The molecule has 0 spiro atoms. The van der Waals surface area contributed by atoms with Crippen LogP contribution in [0.4, 0.5) is 0 Å². The average molecular weight is 279 g/mol. The molecule has 1 heterocycles. The summed E-state index contributed by atoms with van der Waals surface area (Å²) in [6, 6.07) is 6.17. The molecule has 1 saturated heterocycles. The first-order chi connectivity index (χ1) is 9.21. The van der Waals surface area contributed by atoms with Gasteiger partial charge in [0.15, 0.2) is 11.5 Å². The van der Waals surface area contributed by atoms with Gasteiger partial charge in [0.05, 0.1) is 7.11 Å². The van der Waals surface area contributed by atoms with E-state index in [1.165, 1.54) is 17.7 Å². The van der Waals surface area contributed by atoms with Crippen LogP contribution in [0.15, 0.2) is 18.2 Å². The fourth-order valence-electron chi connectivity index (χ4n) is 2.71. The van der Waals surface area contributed by atoms with Crippen molar-refractivity contribution >= 4 is 11.8 Å². The highest BCUT2D eigenvalue weighted by molar-refractivity contribution is 7.99. The second kappa shape index (κ2) is 5.25. The third-order valence-electron chi connectivity index (χ3n) is 4.17. The van der Waals surface area contributed by atoms with Gasteiger partial charge in [-0.2, -0.15) is 11.8 Å². The molecule has 1 saturated carbocycles. The third-order valence-corrected chi connectivity index (χ3v) is 5.30. The molecule has 0 amide bonds. The summed E-state index contributed by atoms with van der Waals surface area (Å²) < 4.78 is 11.5. The van der Waals surface area contributed by atoms with Crippen LogP contribution in [0, 0.1) is 0 Å². The quantitative estimate of drug-likeness (QED) is 0.920. The summed E-state index contributed by atoms with van der Waals surface area (Å²) in [5, 5.41) is 0. The van der Waals surface area contributed by atoms with E-state index in [1.807, 2.05) is 17.8 Å².